The Kier molecular flexibility index (Phi) is 9.32. The zero-order valence-corrected chi connectivity index (χ0v) is 24.4. The molecular formula is C29H28BrN3O5S. The third-order valence-corrected chi connectivity index (χ3v) is 7.33. The van der Waals surface area contributed by atoms with Crippen LogP contribution in [0.5, 0.6) is 17.2 Å². The number of amides is 2. The number of halogens is 1. The number of hydrogen-bond donors (Lipinski definition) is 1. The van der Waals surface area contributed by atoms with E-state index in [9.17, 15) is 9.59 Å². The number of aryl methyl sites for hydroxylation is 1. The van der Waals surface area contributed by atoms with Crippen molar-refractivity contribution in [2.24, 2.45) is 4.99 Å². The van der Waals surface area contributed by atoms with Gasteiger partial charge in [0.15, 0.2) is 23.3 Å². The Morgan fingerprint density at radius 3 is 2.44 bits per heavy atom. The molecule has 0 spiro atoms. The highest BCUT2D eigenvalue weighted by molar-refractivity contribution is 9.10. The van der Waals surface area contributed by atoms with Gasteiger partial charge in [0.05, 0.1) is 29.3 Å². The minimum Gasteiger partial charge on any atom is -0.497 e. The van der Waals surface area contributed by atoms with Crippen LogP contribution in [0.1, 0.15) is 18.1 Å². The van der Waals surface area contributed by atoms with Gasteiger partial charge >= 0.3 is 0 Å². The highest BCUT2D eigenvalue weighted by Crippen LogP contribution is 2.39. The van der Waals surface area contributed by atoms with Gasteiger partial charge in [0, 0.05) is 12.2 Å². The van der Waals surface area contributed by atoms with Crippen molar-refractivity contribution in [3.63, 3.8) is 0 Å². The van der Waals surface area contributed by atoms with Crippen LogP contribution >= 0.6 is 27.7 Å². The van der Waals surface area contributed by atoms with Crippen LogP contribution in [0.3, 0.4) is 0 Å². The highest BCUT2D eigenvalue weighted by atomic mass is 79.9. The second-order valence-electron chi connectivity index (χ2n) is 8.49. The molecule has 0 atom stereocenters. The lowest BCUT2D eigenvalue weighted by molar-refractivity contribution is -0.122. The number of benzene rings is 3. The Bertz CT molecular complexity index is 1420. The highest BCUT2D eigenvalue weighted by Gasteiger charge is 2.32. The first kappa shape index (κ1) is 28.3. The average Bonchev–Trinajstić information content (AvgIpc) is 3.22. The fourth-order valence-electron chi connectivity index (χ4n) is 3.72. The van der Waals surface area contributed by atoms with Crippen molar-refractivity contribution in [2.45, 2.75) is 13.8 Å². The molecule has 1 heterocycles. The molecule has 1 aliphatic heterocycles. The summed E-state index contributed by atoms with van der Waals surface area (Å²) in [5.41, 5.74) is 3.25. The van der Waals surface area contributed by atoms with Crippen molar-refractivity contribution in [2.75, 3.05) is 32.7 Å². The number of likely N-dealkylation sites (N-methyl/N-ethyl adjacent to an activating group) is 1. The number of hydrogen-bond acceptors (Lipinski definition) is 7. The molecule has 0 unspecified atom stereocenters. The number of aliphatic imine (C=N–C) groups is 1. The smallest absolute Gasteiger partial charge is 0.266 e. The van der Waals surface area contributed by atoms with E-state index in [0.717, 1.165) is 22.6 Å². The maximum absolute atomic E-state index is 13.1. The molecule has 0 aliphatic carbocycles. The van der Waals surface area contributed by atoms with Crippen molar-refractivity contribution < 1.29 is 23.8 Å². The Morgan fingerprint density at radius 1 is 1.08 bits per heavy atom. The van der Waals surface area contributed by atoms with E-state index in [2.05, 4.69) is 26.2 Å². The Labute approximate surface area is 240 Å². The minimum atomic E-state index is -0.296. The Balaban J connectivity index is 1.50. The summed E-state index contributed by atoms with van der Waals surface area (Å²) in [5.74, 6) is 1.13. The molecule has 4 rings (SSSR count). The first-order valence-electron chi connectivity index (χ1n) is 12.1. The van der Waals surface area contributed by atoms with E-state index >= 15 is 0 Å². The molecular weight excluding hydrogens is 582 g/mol. The van der Waals surface area contributed by atoms with Gasteiger partial charge in [-0.25, -0.2) is 4.99 Å². The van der Waals surface area contributed by atoms with Crippen LogP contribution in [0.15, 0.2) is 75.0 Å². The lowest BCUT2D eigenvalue weighted by Crippen LogP contribution is -2.28. The predicted molar refractivity (Wildman–Crippen MR) is 159 cm³/mol. The van der Waals surface area contributed by atoms with E-state index in [1.165, 1.54) is 18.9 Å². The van der Waals surface area contributed by atoms with Crippen LogP contribution in [0.2, 0.25) is 0 Å². The number of ether oxygens (including phenoxy) is 3. The summed E-state index contributed by atoms with van der Waals surface area (Å²) < 4.78 is 17.1. The van der Waals surface area contributed by atoms with Crippen LogP contribution in [0.25, 0.3) is 6.08 Å². The summed E-state index contributed by atoms with van der Waals surface area (Å²) in [6, 6.07) is 18.4. The molecule has 8 nitrogen and oxygen atoms in total. The number of amidine groups is 1. The second-order valence-corrected chi connectivity index (χ2v) is 10.4. The summed E-state index contributed by atoms with van der Waals surface area (Å²) in [4.78, 5) is 32.4. The standard InChI is InChI=1S/C29H28BrN3O5S/c1-5-33-28(35)25(39-29(33)32-21-10-12-22(36-3)13-11-21)16-19-14-23(30)27(24(15-19)37-4)38-17-26(34)31-20-8-6-18(2)7-9-20/h6-16H,5,17H2,1-4H3,(H,31,34)/b25-16+,32-29?. The maximum Gasteiger partial charge on any atom is 0.266 e. The number of nitrogens with zero attached hydrogens (tertiary/aromatic N) is 2. The largest absolute Gasteiger partial charge is 0.497 e. The second kappa shape index (κ2) is 12.9. The molecule has 3 aromatic rings. The van der Waals surface area contributed by atoms with Gasteiger partial charge < -0.3 is 19.5 Å². The topological polar surface area (TPSA) is 89.5 Å². The van der Waals surface area contributed by atoms with E-state index in [1.54, 1.807) is 24.2 Å². The molecule has 0 saturated carbocycles. The van der Waals surface area contributed by atoms with E-state index in [-0.39, 0.29) is 18.4 Å². The molecule has 2 amide bonds. The average molecular weight is 611 g/mol. The number of carbonyl (C=O) groups excluding carboxylic acids is 2. The predicted octanol–water partition coefficient (Wildman–Crippen LogP) is 6.42. The molecule has 202 valence electrons. The summed E-state index contributed by atoms with van der Waals surface area (Å²) in [7, 11) is 3.13. The van der Waals surface area contributed by atoms with Gasteiger partial charge in [0.1, 0.15) is 5.75 Å². The quantitative estimate of drug-likeness (QED) is 0.282. The van der Waals surface area contributed by atoms with Crippen molar-refractivity contribution in [1.82, 2.24) is 4.90 Å². The lowest BCUT2D eigenvalue weighted by Gasteiger charge is -2.14. The summed E-state index contributed by atoms with van der Waals surface area (Å²) in [6.07, 6.45) is 1.79. The lowest BCUT2D eigenvalue weighted by atomic mass is 10.2. The van der Waals surface area contributed by atoms with Gasteiger partial charge in [-0.15, -0.1) is 0 Å². The van der Waals surface area contributed by atoms with Crippen LogP contribution in [0, 0.1) is 6.92 Å². The molecule has 0 aromatic heterocycles. The number of nitrogens with one attached hydrogen (secondary N) is 1. The van der Waals surface area contributed by atoms with Gasteiger partial charge in [-0.1, -0.05) is 17.7 Å². The van der Waals surface area contributed by atoms with E-state index in [4.69, 9.17) is 14.2 Å². The van der Waals surface area contributed by atoms with Crippen LogP contribution in [-0.2, 0) is 9.59 Å². The molecule has 1 aliphatic rings. The molecule has 0 radical (unpaired) electrons. The Morgan fingerprint density at radius 2 is 1.79 bits per heavy atom. The monoisotopic (exact) mass is 609 g/mol. The molecule has 1 fully saturated rings. The summed E-state index contributed by atoms with van der Waals surface area (Å²) in [5, 5.41) is 3.41. The maximum atomic E-state index is 13.1. The zero-order valence-electron chi connectivity index (χ0n) is 22.0. The minimum absolute atomic E-state index is 0.127. The number of carbonyl (C=O) groups is 2. The zero-order chi connectivity index (χ0) is 27.9. The number of thioether (sulfide) groups is 1. The first-order valence-corrected chi connectivity index (χ1v) is 13.7. The first-order chi connectivity index (χ1) is 18.8. The molecule has 3 aromatic carbocycles. The van der Waals surface area contributed by atoms with Crippen LogP contribution in [-0.4, -0.2) is 49.3 Å². The van der Waals surface area contributed by atoms with Crippen molar-refractivity contribution >= 4 is 62.1 Å². The van der Waals surface area contributed by atoms with Gasteiger partial charge in [0.25, 0.3) is 11.8 Å². The summed E-state index contributed by atoms with van der Waals surface area (Å²) >= 11 is 4.83. The van der Waals surface area contributed by atoms with Gasteiger partial charge in [0.2, 0.25) is 0 Å². The van der Waals surface area contributed by atoms with Gasteiger partial charge in [-0.05, 0) is 102 Å². The number of anilines is 1. The third kappa shape index (κ3) is 7.01. The van der Waals surface area contributed by atoms with Gasteiger partial charge in [-0.2, -0.15) is 0 Å². The van der Waals surface area contributed by atoms with E-state index in [1.807, 2.05) is 68.4 Å². The molecule has 0 bridgehead atoms. The fourth-order valence-corrected chi connectivity index (χ4v) is 5.36. The number of rotatable bonds is 9. The number of methoxy groups -OCH3 is 2. The SMILES string of the molecule is CCN1C(=O)/C(=C\c2cc(Br)c(OCC(=O)Nc3ccc(C)cc3)c(OC)c2)SC1=Nc1ccc(OC)cc1. The molecule has 1 saturated heterocycles. The normalized spacial score (nSPS) is 15.1. The van der Waals surface area contributed by atoms with Crippen molar-refractivity contribution in [3.8, 4) is 17.2 Å². The molecule has 1 N–H and O–H groups in total. The molecule has 39 heavy (non-hydrogen) atoms. The van der Waals surface area contributed by atoms with E-state index in [0.29, 0.717) is 38.3 Å². The Hall–Kier alpha value is -3.76. The van der Waals surface area contributed by atoms with Crippen LogP contribution < -0.4 is 19.5 Å². The fraction of sp³-hybridized carbons (Fsp3) is 0.207. The van der Waals surface area contributed by atoms with Gasteiger partial charge in [-0.3, -0.25) is 14.5 Å². The van der Waals surface area contributed by atoms with Crippen molar-refractivity contribution in [1.29, 1.82) is 0 Å². The summed E-state index contributed by atoms with van der Waals surface area (Å²) in [6.45, 7) is 4.18. The molecule has 10 heteroatoms. The third-order valence-electron chi connectivity index (χ3n) is 5.73. The van der Waals surface area contributed by atoms with E-state index < -0.39 is 0 Å². The van der Waals surface area contributed by atoms with Crippen molar-refractivity contribution in [3.05, 3.63) is 81.2 Å². The van der Waals surface area contributed by atoms with Crippen LogP contribution in [0.4, 0.5) is 11.4 Å².